The monoisotopic (exact) mass is 235 g/mol. The molecule has 0 spiro atoms. The molecule has 0 bridgehead atoms. The number of halogens is 1. The number of benzene rings is 1. The first-order valence-electron chi connectivity index (χ1n) is 5.66. The Morgan fingerprint density at radius 3 is 3.12 bits per heavy atom. The van der Waals surface area contributed by atoms with Crippen LogP contribution in [0, 0.1) is 5.92 Å². The lowest BCUT2D eigenvalue weighted by molar-refractivity contribution is 0.183. The molecule has 2 aromatic rings. The minimum Gasteiger partial charge on any atom is -0.381 e. The third-order valence-electron chi connectivity index (χ3n) is 3.24. The highest BCUT2D eigenvalue weighted by Crippen LogP contribution is 2.26. The standard InChI is InChI=1S/C13H14ClNO/c14-12-2-1-3-13-11(12)4-6-15(13)8-10-5-7-16-9-10/h1-4,6,10H,5,7-9H2. The molecule has 0 amide bonds. The van der Waals surface area contributed by atoms with Gasteiger partial charge in [-0.15, -0.1) is 0 Å². The average Bonchev–Trinajstić information content (AvgIpc) is 2.90. The largest absolute Gasteiger partial charge is 0.381 e. The smallest absolute Gasteiger partial charge is 0.0512 e. The van der Waals surface area contributed by atoms with E-state index in [2.05, 4.69) is 22.9 Å². The van der Waals surface area contributed by atoms with Crippen LogP contribution in [0.15, 0.2) is 30.5 Å². The molecule has 84 valence electrons. The van der Waals surface area contributed by atoms with Crippen LogP contribution in [0.1, 0.15) is 6.42 Å². The highest BCUT2D eigenvalue weighted by molar-refractivity contribution is 6.35. The first-order valence-corrected chi connectivity index (χ1v) is 6.03. The van der Waals surface area contributed by atoms with E-state index in [1.54, 1.807) is 0 Å². The van der Waals surface area contributed by atoms with Crippen molar-refractivity contribution in [1.82, 2.24) is 4.57 Å². The number of hydrogen-bond donors (Lipinski definition) is 0. The van der Waals surface area contributed by atoms with Crippen molar-refractivity contribution in [2.45, 2.75) is 13.0 Å². The maximum atomic E-state index is 6.15. The minimum atomic E-state index is 0.648. The Morgan fingerprint density at radius 2 is 2.31 bits per heavy atom. The third-order valence-corrected chi connectivity index (χ3v) is 3.57. The van der Waals surface area contributed by atoms with Crippen molar-refractivity contribution in [3.8, 4) is 0 Å². The molecule has 3 heteroatoms. The van der Waals surface area contributed by atoms with Crippen LogP contribution >= 0.6 is 11.6 Å². The zero-order chi connectivity index (χ0) is 11.0. The van der Waals surface area contributed by atoms with Crippen LogP contribution in [0.25, 0.3) is 10.9 Å². The van der Waals surface area contributed by atoms with E-state index in [-0.39, 0.29) is 0 Å². The van der Waals surface area contributed by atoms with E-state index in [1.165, 1.54) is 11.9 Å². The summed E-state index contributed by atoms with van der Waals surface area (Å²) in [6.07, 6.45) is 3.29. The molecule has 1 fully saturated rings. The van der Waals surface area contributed by atoms with Gasteiger partial charge in [-0.1, -0.05) is 17.7 Å². The third kappa shape index (κ3) is 1.72. The molecule has 1 saturated heterocycles. The Labute approximate surface area is 99.8 Å². The summed E-state index contributed by atoms with van der Waals surface area (Å²) in [5.74, 6) is 0.648. The fourth-order valence-electron chi connectivity index (χ4n) is 2.35. The van der Waals surface area contributed by atoms with E-state index in [9.17, 15) is 0 Å². The Hall–Kier alpha value is -0.990. The van der Waals surface area contributed by atoms with E-state index in [1.807, 2.05) is 12.1 Å². The molecule has 0 saturated carbocycles. The summed E-state index contributed by atoms with van der Waals surface area (Å²) in [5.41, 5.74) is 1.22. The lowest BCUT2D eigenvalue weighted by Crippen LogP contribution is -2.09. The summed E-state index contributed by atoms with van der Waals surface area (Å²) in [5, 5.41) is 1.97. The Kier molecular flexibility index (Phi) is 2.62. The zero-order valence-corrected chi connectivity index (χ0v) is 9.78. The van der Waals surface area contributed by atoms with Gasteiger partial charge < -0.3 is 9.30 Å². The second kappa shape index (κ2) is 4.11. The molecule has 1 unspecified atom stereocenters. The maximum Gasteiger partial charge on any atom is 0.0512 e. The summed E-state index contributed by atoms with van der Waals surface area (Å²) >= 11 is 6.15. The van der Waals surface area contributed by atoms with Gasteiger partial charge in [0.05, 0.1) is 6.61 Å². The van der Waals surface area contributed by atoms with E-state index in [0.717, 1.165) is 30.2 Å². The summed E-state index contributed by atoms with van der Waals surface area (Å²) in [6.45, 7) is 2.83. The van der Waals surface area contributed by atoms with Crippen molar-refractivity contribution in [1.29, 1.82) is 0 Å². The van der Waals surface area contributed by atoms with Crippen molar-refractivity contribution in [2.24, 2.45) is 5.92 Å². The van der Waals surface area contributed by atoms with Crippen molar-refractivity contribution in [3.05, 3.63) is 35.5 Å². The normalized spacial score (nSPS) is 20.7. The molecule has 1 atom stereocenters. The van der Waals surface area contributed by atoms with Crippen LogP contribution in [0.3, 0.4) is 0 Å². The van der Waals surface area contributed by atoms with Gasteiger partial charge in [0.25, 0.3) is 0 Å². The molecular formula is C13H14ClNO. The second-order valence-corrected chi connectivity index (χ2v) is 4.78. The fraction of sp³-hybridized carbons (Fsp3) is 0.385. The molecule has 2 heterocycles. The fourth-order valence-corrected chi connectivity index (χ4v) is 2.58. The molecular weight excluding hydrogens is 222 g/mol. The van der Waals surface area contributed by atoms with Crippen LogP contribution < -0.4 is 0 Å². The molecule has 1 aromatic heterocycles. The van der Waals surface area contributed by atoms with Gasteiger partial charge in [-0.25, -0.2) is 0 Å². The topological polar surface area (TPSA) is 14.2 Å². The van der Waals surface area contributed by atoms with Crippen LogP contribution in [0.4, 0.5) is 0 Å². The lowest BCUT2D eigenvalue weighted by atomic mass is 10.1. The zero-order valence-electron chi connectivity index (χ0n) is 9.03. The van der Waals surface area contributed by atoms with Crippen LogP contribution in [0.2, 0.25) is 5.02 Å². The van der Waals surface area contributed by atoms with Crippen molar-refractivity contribution in [3.63, 3.8) is 0 Å². The summed E-state index contributed by atoms with van der Waals surface area (Å²) in [6, 6.07) is 8.16. The number of hydrogen-bond acceptors (Lipinski definition) is 1. The number of ether oxygens (including phenoxy) is 1. The van der Waals surface area contributed by atoms with Gasteiger partial charge in [-0.3, -0.25) is 0 Å². The van der Waals surface area contributed by atoms with E-state index in [4.69, 9.17) is 16.3 Å². The Bertz CT molecular complexity index is 500. The van der Waals surface area contributed by atoms with E-state index >= 15 is 0 Å². The number of aromatic nitrogens is 1. The molecule has 0 N–H and O–H groups in total. The SMILES string of the molecule is Clc1cccc2c1ccn2CC1CCOC1. The van der Waals surface area contributed by atoms with Crippen molar-refractivity contribution < 1.29 is 4.74 Å². The Morgan fingerprint density at radius 1 is 1.38 bits per heavy atom. The summed E-state index contributed by atoms with van der Waals surface area (Å²) in [7, 11) is 0. The van der Waals surface area contributed by atoms with Crippen molar-refractivity contribution >= 4 is 22.5 Å². The lowest BCUT2D eigenvalue weighted by Gasteiger charge is -2.10. The predicted molar refractivity (Wildman–Crippen MR) is 65.9 cm³/mol. The van der Waals surface area contributed by atoms with Crippen LogP contribution in [0.5, 0.6) is 0 Å². The summed E-state index contributed by atoms with van der Waals surface area (Å²) < 4.78 is 7.68. The van der Waals surface area contributed by atoms with Gasteiger partial charge in [0.15, 0.2) is 0 Å². The van der Waals surface area contributed by atoms with E-state index < -0.39 is 0 Å². The second-order valence-electron chi connectivity index (χ2n) is 4.37. The first kappa shape index (κ1) is 10.2. The molecule has 1 aliphatic heterocycles. The quantitative estimate of drug-likeness (QED) is 0.779. The van der Waals surface area contributed by atoms with Gasteiger partial charge >= 0.3 is 0 Å². The van der Waals surface area contributed by atoms with Gasteiger partial charge in [0, 0.05) is 41.2 Å². The van der Waals surface area contributed by atoms with Gasteiger partial charge in [-0.2, -0.15) is 0 Å². The molecule has 16 heavy (non-hydrogen) atoms. The first-order chi connectivity index (χ1) is 7.84. The molecule has 2 nitrogen and oxygen atoms in total. The molecule has 3 rings (SSSR count). The Balaban J connectivity index is 1.94. The minimum absolute atomic E-state index is 0.648. The van der Waals surface area contributed by atoms with Crippen molar-refractivity contribution in [2.75, 3.05) is 13.2 Å². The average molecular weight is 236 g/mol. The molecule has 1 aliphatic rings. The molecule has 1 aromatic carbocycles. The number of rotatable bonds is 2. The van der Waals surface area contributed by atoms with Gasteiger partial charge in [0.1, 0.15) is 0 Å². The molecule has 0 aliphatic carbocycles. The highest BCUT2D eigenvalue weighted by Gasteiger charge is 2.16. The predicted octanol–water partition coefficient (Wildman–Crippen LogP) is 3.33. The van der Waals surface area contributed by atoms with Gasteiger partial charge in [0.2, 0.25) is 0 Å². The van der Waals surface area contributed by atoms with Gasteiger partial charge in [-0.05, 0) is 24.6 Å². The molecule has 0 radical (unpaired) electrons. The number of fused-ring (bicyclic) bond motifs is 1. The van der Waals surface area contributed by atoms with E-state index in [0.29, 0.717) is 5.92 Å². The number of nitrogens with zero attached hydrogens (tertiary/aromatic N) is 1. The van der Waals surface area contributed by atoms with Crippen LogP contribution in [-0.2, 0) is 11.3 Å². The maximum absolute atomic E-state index is 6.15. The van der Waals surface area contributed by atoms with Crippen LogP contribution in [-0.4, -0.2) is 17.8 Å². The highest BCUT2D eigenvalue weighted by atomic mass is 35.5. The summed E-state index contributed by atoms with van der Waals surface area (Å²) in [4.78, 5) is 0.